The normalized spacial score (nSPS) is 13.1. The fourth-order valence-electron chi connectivity index (χ4n) is 2.34. The van der Waals surface area contributed by atoms with Crippen molar-refractivity contribution >= 4 is 11.9 Å². The second kappa shape index (κ2) is 7.65. The first-order chi connectivity index (χ1) is 11.5. The standard InChI is InChI=1S/C17H19NO6/c1-10(15(23-3)11-4-6-13(22-2)7-5-11)18-16(19)14-8-12(9-24-14)17(20)21/h4-10,15H,1-3H3,(H,18,19)(H,20,21). The van der Waals surface area contributed by atoms with Crippen LogP contribution in [0, 0.1) is 0 Å². The Kier molecular flexibility index (Phi) is 5.59. The van der Waals surface area contributed by atoms with Crippen LogP contribution in [0.3, 0.4) is 0 Å². The number of nitrogens with one attached hydrogen (secondary N) is 1. The molecule has 0 saturated heterocycles. The number of rotatable bonds is 7. The summed E-state index contributed by atoms with van der Waals surface area (Å²) in [5, 5.41) is 11.6. The van der Waals surface area contributed by atoms with Gasteiger partial charge >= 0.3 is 5.97 Å². The number of ether oxygens (including phenoxy) is 2. The molecule has 1 aromatic heterocycles. The minimum Gasteiger partial charge on any atom is -0.497 e. The number of amides is 1. The Morgan fingerprint density at radius 1 is 1.21 bits per heavy atom. The highest BCUT2D eigenvalue weighted by Crippen LogP contribution is 2.23. The van der Waals surface area contributed by atoms with Gasteiger partial charge in [-0.25, -0.2) is 4.79 Å². The van der Waals surface area contributed by atoms with Crippen molar-refractivity contribution in [1.29, 1.82) is 0 Å². The van der Waals surface area contributed by atoms with Gasteiger partial charge in [0.05, 0.1) is 18.7 Å². The monoisotopic (exact) mass is 333 g/mol. The fourth-order valence-corrected chi connectivity index (χ4v) is 2.34. The van der Waals surface area contributed by atoms with E-state index in [2.05, 4.69) is 5.32 Å². The second-order valence-corrected chi connectivity index (χ2v) is 5.20. The molecule has 0 aliphatic carbocycles. The van der Waals surface area contributed by atoms with E-state index in [1.54, 1.807) is 21.1 Å². The molecule has 1 heterocycles. The van der Waals surface area contributed by atoms with Crippen LogP contribution in [0.15, 0.2) is 41.0 Å². The number of hydrogen-bond acceptors (Lipinski definition) is 5. The molecule has 0 aliphatic rings. The smallest absolute Gasteiger partial charge is 0.338 e. The Hall–Kier alpha value is -2.80. The molecule has 0 bridgehead atoms. The molecule has 7 heteroatoms. The third kappa shape index (κ3) is 3.94. The largest absolute Gasteiger partial charge is 0.497 e. The van der Waals surface area contributed by atoms with Gasteiger partial charge in [-0.05, 0) is 24.6 Å². The van der Waals surface area contributed by atoms with Gasteiger partial charge < -0.3 is 24.3 Å². The van der Waals surface area contributed by atoms with Gasteiger partial charge in [0.25, 0.3) is 5.91 Å². The van der Waals surface area contributed by atoms with Gasteiger partial charge in [0.1, 0.15) is 18.1 Å². The third-order valence-corrected chi connectivity index (χ3v) is 3.58. The van der Waals surface area contributed by atoms with E-state index in [9.17, 15) is 9.59 Å². The first-order valence-corrected chi connectivity index (χ1v) is 7.25. The van der Waals surface area contributed by atoms with E-state index in [0.717, 1.165) is 17.6 Å². The molecular weight excluding hydrogens is 314 g/mol. The number of methoxy groups -OCH3 is 2. The average Bonchev–Trinajstić information content (AvgIpc) is 3.06. The van der Waals surface area contributed by atoms with Crippen molar-refractivity contribution in [2.75, 3.05) is 14.2 Å². The zero-order valence-electron chi connectivity index (χ0n) is 13.6. The van der Waals surface area contributed by atoms with Crippen LogP contribution in [0.4, 0.5) is 0 Å². The van der Waals surface area contributed by atoms with Gasteiger partial charge in [0.2, 0.25) is 0 Å². The van der Waals surface area contributed by atoms with Crippen molar-refractivity contribution in [2.45, 2.75) is 19.1 Å². The first kappa shape index (κ1) is 17.6. The van der Waals surface area contributed by atoms with Gasteiger partial charge in [-0.1, -0.05) is 12.1 Å². The van der Waals surface area contributed by atoms with Crippen LogP contribution in [0.5, 0.6) is 5.75 Å². The molecule has 0 radical (unpaired) electrons. The Morgan fingerprint density at radius 2 is 1.88 bits per heavy atom. The summed E-state index contributed by atoms with van der Waals surface area (Å²) in [7, 11) is 3.13. The molecule has 0 fully saturated rings. The van der Waals surface area contributed by atoms with Crippen LogP contribution in [0.2, 0.25) is 0 Å². The predicted molar refractivity (Wildman–Crippen MR) is 85.3 cm³/mol. The summed E-state index contributed by atoms with van der Waals surface area (Å²) < 4.78 is 15.6. The lowest BCUT2D eigenvalue weighted by Gasteiger charge is -2.24. The molecule has 7 nitrogen and oxygen atoms in total. The SMILES string of the molecule is COc1ccc(C(OC)C(C)NC(=O)c2cc(C(=O)O)co2)cc1. The number of carbonyl (C=O) groups is 2. The molecular formula is C17H19NO6. The first-order valence-electron chi connectivity index (χ1n) is 7.25. The molecule has 2 rings (SSSR count). The second-order valence-electron chi connectivity index (χ2n) is 5.20. The molecule has 2 atom stereocenters. The lowest BCUT2D eigenvalue weighted by molar-refractivity contribution is 0.0631. The van der Waals surface area contributed by atoms with Crippen molar-refractivity contribution in [3.05, 3.63) is 53.5 Å². The van der Waals surface area contributed by atoms with Crippen LogP contribution in [0.25, 0.3) is 0 Å². The van der Waals surface area contributed by atoms with E-state index in [-0.39, 0.29) is 23.5 Å². The van der Waals surface area contributed by atoms with Gasteiger partial charge in [-0.3, -0.25) is 4.79 Å². The number of benzene rings is 1. The van der Waals surface area contributed by atoms with Crippen LogP contribution >= 0.6 is 0 Å². The molecule has 2 unspecified atom stereocenters. The zero-order valence-corrected chi connectivity index (χ0v) is 13.6. The number of furan rings is 1. The Bertz CT molecular complexity index is 706. The van der Waals surface area contributed by atoms with E-state index >= 15 is 0 Å². The molecule has 128 valence electrons. The van der Waals surface area contributed by atoms with Gasteiger partial charge in [0, 0.05) is 13.2 Å². The third-order valence-electron chi connectivity index (χ3n) is 3.58. The highest BCUT2D eigenvalue weighted by atomic mass is 16.5. The molecule has 2 N–H and O–H groups in total. The summed E-state index contributed by atoms with van der Waals surface area (Å²) in [6, 6.07) is 8.13. The van der Waals surface area contributed by atoms with E-state index in [0.29, 0.717) is 0 Å². The van der Waals surface area contributed by atoms with E-state index in [4.69, 9.17) is 19.0 Å². The lowest BCUT2D eigenvalue weighted by Crippen LogP contribution is -2.37. The summed E-state index contributed by atoms with van der Waals surface area (Å²) in [5.41, 5.74) is 0.794. The average molecular weight is 333 g/mol. The van der Waals surface area contributed by atoms with Gasteiger partial charge in [-0.15, -0.1) is 0 Å². The van der Waals surface area contributed by atoms with Crippen LogP contribution < -0.4 is 10.1 Å². The maximum absolute atomic E-state index is 12.2. The maximum Gasteiger partial charge on any atom is 0.338 e. The number of carboxylic acids is 1. The minimum absolute atomic E-state index is 0.0659. The summed E-state index contributed by atoms with van der Waals surface area (Å²) in [6.45, 7) is 1.79. The molecule has 1 amide bonds. The topological polar surface area (TPSA) is 98.0 Å². The summed E-state index contributed by atoms with van der Waals surface area (Å²) in [5.74, 6) is -1.00. The molecule has 24 heavy (non-hydrogen) atoms. The van der Waals surface area contributed by atoms with Crippen molar-refractivity contribution in [3.8, 4) is 5.75 Å². The Balaban J connectivity index is 2.08. The Morgan fingerprint density at radius 3 is 2.38 bits per heavy atom. The zero-order chi connectivity index (χ0) is 17.7. The summed E-state index contributed by atoms with van der Waals surface area (Å²) >= 11 is 0. The number of aromatic carboxylic acids is 1. The highest BCUT2D eigenvalue weighted by molar-refractivity contribution is 5.95. The quantitative estimate of drug-likeness (QED) is 0.808. The van der Waals surface area contributed by atoms with Crippen molar-refractivity contribution in [1.82, 2.24) is 5.32 Å². The minimum atomic E-state index is -1.15. The summed E-state index contributed by atoms with van der Waals surface area (Å²) in [4.78, 5) is 23.0. The lowest BCUT2D eigenvalue weighted by atomic mass is 10.0. The maximum atomic E-state index is 12.2. The molecule has 0 saturated carbocycles. The van der Waals surface area contributed by atoms with Gasteiger partial charge in [-0.2, -0.15) is 0 Å². The van der Waals surface area contributed by atoms with Gasteiger partial charge in [0.15, 0.2) is 5.76 Å². The molecule has 2 aromatic rings. The number of carbonyl (C=O) groups excluding carboxylic acids is 1. The highest BCUT2D eigenvalue weighted by Gasteiger charge is 2.23. The van der Waals surface area contributed by atoms with E-state index < -0.39 is 11.9 Å². The predicted octanol–water partition coefficient (Wildman–Crippen LogP) is 2.49. The van der Waals surface area contributed by atoms with Crippen LogP contribution in [0.1, 0.15) is 39.5 Å². The number of carboxylic acid groups (broad SMARTS) is 1. The molecule has 1 aromatic carbocycles. The summed E-state index contributed by atoms with van der Waals surface area (Å²) in [6.07, 6.45) is 0.646. The fraction of sp³-hybridized carbons (Fsp3) is 0.294. The number of hydrogen-bond donors (Lipinski definition) is 2. The molecule has 0 aliphatic heterocycles. The van der Waals surface area contributed by atoms with E-state index in [1.807, 2.05) is 24.3 Å². The van der Waals surface area contributed by atoms with E-state index in [1.165, 1.54) is 6.07 Å². The Labute approximate surface area is 139 Å². The van der Waals surface area contributed by atoms with Crippen LogP contribution in [-0.4, -0.2) is 37.2 Å². The van der Waals surface area contributed by atoms with Crippen molar-refractivity contribution in [3.63, 3.8) is 0 Å². The van der Waals surface area contributed by atoms with Crippen molar-refractivity contribution < 1.29 is 28.6 Å². The van der Waals surface area contributed by atoms with Crippen LogP contribution in [-0.2, 0) is 4.74 Å². The molecule has 0 spiro atoms. The van der Waals surface area contributed by atoms with Crippen molar-refractivity contribution in [2.24, 2.45) is 0 Å².